The number of hydrogen-bond acceptors (Lipinski definition) is 4. The lowest BCUT2D eigenvalue weighted by Gasteiger charge is -2.28. The summed E-state index contributed by atoms with van der Waals surface area (Å²) in [5.41, 5.74) is 7.53. The van der Waals surface area contributed by atoms with Gasteiger partial charge in [0.05, 0.1) is 11.2 Å². The molecule has 2 aromatic rings. The van der Waals surface area contributed by atoms with Crippen molar-refractivity contribution in [2.75, 3.05) is 6.54 Å². The number of oxazole rings is 1. The minimum Gasteiger partial charge on any atom is -0.440 e. The van der Waals surface area contributed by atoms with E-state index in [4.69, 9.17) is 10.2 Å². The second kappa shape index (κ2) is 9.95. The fraction of sp³-hybridized carbons (Fsp3) is 0.474. The maximum Gasteiger partial charge on any atom is 0.220 e. The minimum absolute atomic E-state index is 0. The van der Waals surface area contributed by atoms with Gasteiger partial charge in [-0.3, -0.25) is 4.79 Å². The molecule has 0 atom stereocenters. The fourth-order valence-corrected chi connectivity index (χ4v) is 3.43. The highest BCUT2D eigenvalue weighted by Crippen LogP contribution is 2.29. The number of carbonyl (C=O) groups is 1. The van der Waals surface area contributed by atoms with E-state index in [0.29, 0.717) is 25.3 Å². The van der Waals surface area contributed by atoms with E-state index in [1.54, 1.807) is 0 Å². The van der Waals surface area contributed by atoms with Crippen molar-refractivity contribution in [3.8, 4) is 11.3 Å². The molecule has 1 saturated carbocycles. The standard InChI is InChI=1S/C19H25N3O2.2ClH/c1-14-18(15-7-3-2-4-8-15)24-17(21-14)10-9-16(23)22-19(13-20)11-5-6-12-19;;/h2-4,7-8H,5-6,9-13,20H2,1H3,(H,22,23);2*1H. The van der Waals surface area contributed by atoms with Gasteiger partial charge in [-0.15, -0.1) is 24.8 Å². The van der Waals surface area contributed by atoms with E-state index in [1.165, 1.54) is 0 Å². The molecule has 0 saturated heterocycles. The molecule has 1 aromatic carbocycles. The lowest BCUT2D eigenvalue weighted by molar-refractivity contribution is -0.123. The monoisotopic (exact) mass is 399 g/mol. The number of aromatic nitrogens is 1. The summed E-state index contributed by atoms with van der Waals surface area (Å²) in [6, 6.07) is 9.90. The van der Waals surface area contributed by atoms with Gasteiger partial charge in [-0.25, -0.2) is 4.98 Å². The highest BCUT2D eigenvalue weighted by molar-refractivity contribution is 5.85. The predicted molar refractivity (Wildman–Crippen MR) is 108 cm³/mol. The van der Waals surface area contributed by atoms with Crippen molar-refractivity contribution in [3.05, 3.63) is 41.9 Å². The van der Waals surface area contributed by atoms with Crippen molar-refractivity contribution >= 4 is 30.7 Å². The van der Waals surface area contributed by atoms with Gasteiger partial charge < -0.3 is 15.5 Å². The summed E-state index contributed by atoms with van der Waals surface area (Å²) in [4.78, 5) is 16.7. The van der Waals surface area contributed by atoms with E-state index < -0.39 is 0 Å². The maximum absolute atomic E-state index is 12.3. The van der Waals surface area contributed by atoms with Crippen LogP contribution in [0.5, 0.6) is 0 Å². The third kappa shape index (κ3) is 5.22. The van der Waals surface area contributed by atoms with E-state index in [9.17, 15) is 4.79 Å². The van der Waals surface area contributed by atoms with Crippen LogP contribution in [0.4, 0.5) is 0 Å². The zero-order valence-electron chi connectivity index (χ0n) is 15.0. The zero-order chi connectivity index (χ0) is 17.0. The van der Waals surface area contributed by atoms with Crippen molar-refractivity contribution in [2.24, 2.45) is 5.73 Å². The molecule has 0 bridgehead atoms. The van der Waals surface area contributed by atoms with Gasteiger partial charge in [-0.2, -0.15) is 0 Å². The number of halogens is 2. The lowest BCUT2D eigenvalue weighted by atomic mass is 9.97. The Morgan fingerprint density at radius 2 is 1.88 bits per heavy atom. The molecular formula is C19H27Cl2N3O2. The SMILES string of the molecule is Cc1nc(CCC(=O)NC2(CN)CCCC2)oc1-c1ccccc1.Cl.Cl. The van der Waals surface area contributed by atoms with Crippen molar-refractivity contribution in [2.45, 2.75) is 51.0 Å². The Kier molecular flexibility index (Phi) is 8.60. The molecule has 0 radical (unpaired) electrons. The minimum atomic E-state index is -0.196. The number of nitrogens with two attached hydrogens (primary N) is 1. The van der Waals surface area contributed by atoms with Gasteiger partial charge in [0.2, 0.25) is 5.91 Å². The average Bonchev–Trinajstić information content (AvgIpc) is 3.21. The highest BCUT2D eigenvalue weighted by Gasteiger charge is 2.33. The molecule has 1 fully saturated rings. The Balaban J connectivity index is 0.00000169. The molecule has 3 N–H and O–H groups in total. The van der Waals surface area contributed by atoms with Gasteiger partial charge in [0, 0.05) is 24.9 Å². The van der Waals surface area contributed by atoms with Crippen molar-refractivity contribution in [1.82, 2.24) is 10.3 Å². The second-order valence-corrected chi connectivity index (χ2v) is 6.63. The Morgan fingerprint density at radius 1 is 1.23 bits per heavy atom. The quantitative estimate of drug-likeness (QED) is 0.773. The molecule has 0 aliphatic heterocycles. The number of hydrogen-bond donors (Lipinski definition) is 2. The average molecular weight is 400 g/mol. The molecule has 1 aliphatic carbocycles. The number of carbonyl (C=O) groups excluding carboxylic acids is 1. The van der Waals surface area contributed by atoms with Crippen LogP contribution in [0.2, 0.25) is 0 Å². The van der Waals surface area contributed by atoms with E-state index >= 15 is 0 Å². The van der Waals surface area contributed by atoms with Crippen LogP contribution in [0.3, 0.4) is 0 Å². The van der Waals surface area contributed by atoms with E-state index in [1.807, 2.05) is 37.3 Å². The summed E-state index contributed by atoms with van der Waals surface area (Å²) < 4.78 is 5.86. The Bertz CT molecular complexity index is 698. The predicted octanol–water partition coefficient (Wildman–Crippen LogP) is 3.81. The third-order valence-electron chi connectivity index (χ3n) is 4.80. The van der Waals surface area contributed by atoms with Gasteiger partial charge in [-0.1, -0.05) is 43.2 Å². The number of nitrogens with one attached hydrogen (secondary N) is 1. The number of aryl methyl sites for hydroxylation is 2. The van der Waals surface area contributed by atoms with Crippen molar-refractivity contribution < 1.29 is 9.21 Å². The summed E-state index contributed by atoms with van der Waals surface area (Å²) >= 11 is 0. The first kappa shape index (κ1) is 22.5. The van der Waals surface area contributed by atoms with Crippen LogP contribution < -0.4 is 11.1 Å². The van der Waals surface area contributed by atoms with E-state index in [-0.39, 0.29) is 36.3 Å². The summed E-state index contributed by atoms with van der Waals surface area (Å²) in [5.74, 6) is 1.41. The number of benzene rings is 1. The fourth-order valence-electron chi connectivity index (χ4n) is 3.43. The number of nitrogens with zero attached hydrogens (tertiary/aromatic N) is 1. The summed E-state index contributed by atoms with van der Waals surface area (Å²) in [5, 5.41) is 3.13. The number of amides is 1. The third-order valence-corrected chi connectivity index (χ3v) is 4.80. The molecule has 7 heteroatoms. The normalized spacial score (nSPS) is 15.0. The first-order valence-electron chi connectivity index (χ1n) is 8.65. The molecule has 144 valence electrons. The van der Waals surface area contributed by atoms with Gasteiger partial charge >= 0.3 is 0 Å². The van der Waals surface area contributed by atoms with Crippen molar-refractivity contribution in [3.63, 3.8) is 0 Å². The first-order chi connectivity index (χ1) is 11.6. The van der Waals surface area contributed by atoms with Gasteiger partial charge in [0.1, 0.15) is 0 Å². The second-order valence-electron chi connectivity index (χ2n) is 6.63. The molecular weight excluding hydrogens is 373 g/mol. The maximum atomic E-state index is 12.3. The van der Waals surface area contributed by atoms with Gasteiger partial charge in [0.15, 0.2) is 11.7 Å². The van der Waals surface area contributed by atoms with E-state index in [2.05, 4.69) is 10.3 Å². The topological polar surface area (TPSA) is 81.2 Å². The smallest absolute Gasteiger partial charge is 0.220 e. The zero-order valence-corrected chi connectivity index (χ0v) is 16.6. The lowest BCUT2D eigenvalue weighted by Crippen LogP contribution is -2.51. The molecule has 1 aromatic heterocycles. The van der Waals surface area contributed by atoms with E-state index in [0.717, 1.165) is 42.7 Å². The molecule has 5 nitrogen and oxygen atoms in total. The molecule has 1 heterocycles. The molecule has 26 heavy (non-hydrogen) atoms. The number of rotatable bonds is 6. The molecule has 0 unspecified atom stereocenters. The largest absolute Gasteiger partial charge is 0.440 e. The van der Waals surface area contributed by atoms with Crippen LogP contribution in [-0.2, 0) is 11.2 Å². The van der Waals surface area contributed by atoms with Crippen LogP contribution >= 0.6 is 24.8 Å². The Labute approximate surface area is 167 Å². The van der Waals surface area contributed by atoms with Crippen LogP contribution in [0.25, 0.3) is 11.3 Å². The van der Waals surface area contributed by atoms with Crippen LogP contribution in [0, 0.1) is 6.92 Å². The molecule has 0 spiro atoms. The van der Waals surface area contributed by atoms with Gasteiger partial charge in [-0.05, 0) is 19.8 Å². The summed E-state index contributed by atoms with van der Waals surface area (Å²) in [6.45, 7) is 2.44. The van der Waals surface area contributed by atoms with Gasteiger partial charge in [0.25, 0.3) is 0 Å². The van der Waals surface area contributed by atoms with Crippen LogP contribution in [0.15, 0.2) is 34.7 Å². The molecule has 1 aliphatic rings. The molecule has 3 rings (SSSR count). The van der Waals surface area contributed by atoms with Crippen LogP contribution in [-0.4, -0.2) is 23.0 Å². The summed E-state index contributed by atoms with van der Waals surface area (Å²) in [6.07, 6.45) is 5.10. The van der Waals surface area contributed by atoms with Crippen molar-refractivity contribution in [1.29, 1.82) is 0 Å². The highest BCUT2D eigenvalue weighted by atomic mass is 35.5. The Morgan fingerprint density at radius 3 is 2.50 bits per heavy atom. The Hall–Kier alpha value is -1.56. The molecule has 1 amide bonds. The summed E-state index contributed by atoms with van der Waals surface area (Å²) in [7, 11) is 0. The van der Waals surface area contributed by atoms with Crippen LogP contribution in [0.1, 0.15) is 43.7 Å². The first-order valence-corrected chi connectivity index (χ1v) is 8.65.